The van der Waals surface area contributed by atoms with Crippen LogP contribution in [0.5, 0.6) is 0 Å². The van der Waals surface area contributed by atoms with Crippen LogP contribution in [0.3, 0.4) is 0 Å². The topological polar surface area (TPSA) is 49.5 Å². The molecule has 3 heteroatoms. The molecule has 1 fully saturated rings. The molecule has 0 bridgehead atoms. The van der Waals surface area contributed by atoms with Gasteiger partial charge in [-0.2, -0.15) is 0 Å². The van der Waals surface area contributed by atoms with E-state index in [2.05, 4.69) is 36.9 Å². The van der Waals surface area contributed by atoms with Crippen molar-refractivity contribution in [1.29, 1.82) is 0 Å². The van der Waals surface area contributed by atoms with E-state index in [0.29, 0.717) is 0 Å². The van der Waals surface area contributed by atoms with Crippen LogP contribution in [0.25, 0.3) is 0 Å². The van der Waals surface area contributed by atoms with Crippen molar-refractivity contribution in [2.24, 2.45) is 5.73 Å². The van der Waals surface area contributed by atoms with Gasteiger partial charge >= 0.3 is 0 Å². The zero-order valence-corrected chi connectivity index (χ0v) is 10.7. The molecule has 0 aliphatic carbocycles. The summed E-state index contributed by atoms with van der Waals surface area (Å²) in [7, 11) is 0. The number of aliphatic hydroxyl groups is 1. The number of aryl methyl sites for hydroxylation is 1. The van der Waals surface area contributed by atoms with Gasteiger partial charge in [0.05, 0.1) is 12.1 Å². The molecule has 1 unspecified atom stereocenters. The third kappa shape index (κ3) is 2.45. The zero-order valence-electron chi connectivity index (χ0n) is 10.7. The molecule has 17 heavy (non-hydrogen) atoms. The highest BCUT2D eigenvalue weighted by Crippen LogP contribution is 2.28. The Morgan fingerprint density at radius 1 is 1.41 bits per heavy atom. The maximum Gasteiger partial charge on any atom is 0.0628 e. The number of rotatable bonds is 2. The number of nitrogens with zero attached hydrogens (tertiary/aromatic N) is 1. The number of piperidine rings is 1. The normalized spacial score (nSPS) is 25.1. The van der Waals surface area contributed by atoms with E-state index in [0.717, 1.165) is 25.9 Å². The molecule has 1 saturated heterocycles. The highest BCUT2D eigenvalue weighted by molar-refractivity contribution is 5.56. The monoisotopic (exact) mass is 234 g/mol. The summed E-state index contributed by atoms with van der Waals surface area (Å²) in [5.74, 6) is 0. The Balaban J connectivity index is 2.25. The number of benzene rings is 1. The number of aliphatic hydroxyl groups excluding tert-OH is 1. The smallest absolute Gasteiger partial charge is 0.0628 e. The average molecular weight is 234 g/mol. The van der Waals surface area contributed by atoms with Crippen molar-refractivity contribution >= 4 is 5.69 Å². The predicted octanol–water partition coefficient (Wildman–Crippen LogP) is 1.59. The van der Waals surface area contributed by atoms with Crippen molar-refractivity contribution in [2.45, 2.75) is 32.2 Å². The molecule has 3 nitrogen and oxygen atoms in total. The highest BCUT2D eigenvalue weighted by Gasteiger charge is 2.31. The van der Waals surface area contributed by atoms with E-state index in [1.165, 1.54) is 16.8 Å². The molecule has 1 aliphatic heterocycles. The van der Waals surface area contributed by atoms with Gasteiger partial charge in [0.1, 0.15) is 0 Å². The molecule has 2 rings (SSSR count). The zero-order chi connectivity index (χ0) is 12.5. The van der Waals surface area contributed by atoms with Crippen LogP contribution in [0.15, 0.2) is 18.2 Å². The minimum atomic E-state index is -0.436. The first-order valence-corrected chi connectivity index (χ1v) is 6.27. The minimum Gasteiger partial charge on any atom is -0.394 e. The fourth-order valence-corrected chi connectivity index (χ4v) is 2.57. The van der Waals surface area contributed by atoms with Gasteiger partial charge in [-0.05, 0) is 43.9 Å². The number of nitrogens with two attached hydrogens (primary N) is 1. The van der Waals surface area contributed by atoms with Gasteiger partial charge in [0.25, 0.3) is 0 Å². The van der Waals surface area contributed by atoms with Crippen LogP contribution in [-0.2, 0) is 0 Å². The molecule has 94 valence electrons. The van der Waals surface area contributed by atoms with Crippen LogP contribution >= 0.6 is 0 Å². The minimum absolute atomic E-state index is 0.0639. The lowest BCUT2D eigenvalue weighted by molar-refractivity contribution is 0.177. The van der Waals surface area contributed by atoms with E-state index in [4.69, 9.17) is 5.73 Å². The quantitative estimate of drug-likeness (QED) is 0.817. The number of hydrogen-bond donors (Lipinski definition) is 2. The summed E-state index contributed by atoms with van der Waals surface area (Å²) in [6.45, 7) is 6.12. The van der Waals surface area contributed by atoms with Crippen LogP contribution in [0.1, 0.15) is 24.0 Å². The first kappa shape index (κ1) is 12.4. The Bertz CT molecular complexity index is 405. The van der Waals surface area contributed by atoms with Crippen molar-refractivity contribution in [2.75, 3.05) is 24.6 Å². The van der Waals surface area contributed by atoms with Gasteiger partial charge in [0, 0.05) is 18.8 Å². The summed E-state index contributed by atoms with van der Waals surface area (Å²) in [6, 6.07) is 6.36. The molecular formula is C14H22N2O. The molecule has 1 aromatic rings. The second kappa shape index (κ2) is 4.67. The molecule has 1 atom stereocenters. The summed E-state index contributed by atoms with van der Waals surface area (Å²) >= 11 is 0. The largest absolute Gasteiger partial charge is 0.394 e. The highest BCUT2D eigenvalue weighted by atomic mass is 16.3. The first-order chi connectivity index (χ1) is 8.06. The summed E-state index contributed by atoms with van der Waals surface area (Å²) in [5, 5.41) is 9.39. The summed E-state index contributed by atoms with van der Waals surface area (Å²) < 4.78 is 0. The molecular weight excluding hydrogens is 212 g/mol. The van der Waals surface area contributed by atoms with Crippen molar-refractivity contribution in [3.8, 4) is 0 Å². The second-order valence-electron chi connectivity index (χ2n) is 5.26. The molecule has 1 aliphatic rings. The standard InChI is InChI=1S/C14H22N2O/c1-11-5-3-6-13(12(11)2)16-8-4-7-14(15,9-16)10-17/h3,5-6,17H,4,7-10,15H2,1-2H3. The van der Waals surface area contributed by atoms with Crippen LogP contribution in [0, 0.1) is 13.8 Å². The van der Waals surface area contributed by atoms with E-state index >= 15 is 0 Å². The van der Waals surface area contributed by atoms with E-state index in [-0.39, 0.29) is 6.61 Å². The maximum atomic E-state index is 9.39. The van der Waals surface area contributed by atoms with Crippen LogP contribution in [0.4, 0.5) is 5.69 Å². The van der Waals surface area contributed by atoms with Crippen molar-refractivity contribution in [1.82, 2.24) is 0 Å². The summed E-state index contributed by atoms with van der Waals surface area (Å²) in [4.78, 5) is 2.31. The molecule has 0 amide bonds. The molecule has 0 aromatic heterocycles. The van der Waals surface area contributed by atoms with E-state index in [1.807, 2.05) is 0 Å². The third-order valence-electron chi connectivity index (χ3n) is 3.84. The van der Waals surface area contributed by atoms with E-state index in [1.54, 1.807) is 0 Å². The molecule has 1 heterocycles. The average Bonchev–Trinajstić information content (AvgIpc) is 2.33. The Kier molecular flexibility index (Phi) is 3.40. The van der Waals surface area contributed by atoms with E-state index < -0.39 is 5.54 Å². The van der Waals surface area contributed by atoms with E-state index in [9.17, 15) is 5.11 Å². The second-order valence-corrected chi connectivity index (χ2v) is 5.26. The van der Waals surface area contributed by atoms with Crippen LogP contribution in [0.2, 0.25) is 0 Å². The lowest BCUT2D eigenvalue weighted by Crippen LogP contribution is -2.56. The number of anilines is 1. The maximum absolute atomic E-state index is 9.39. The van der Waals surface area contributed by atoms with Gasteiger partial charge in [-0.15, -0.1) is 0 Å². The fourth-order valence-electron chi connectivity index (χ4n) is 2.57. The molecule has 0 radical (unpaired) electrons. The molecule has 3 N–H and O–H groups in total. The fraction of sp³-hybridized carbons (Fsp3) is 0.571. The molecule has 1 aromatic carbocycles. The Labute approximate surface area is 103 Å². The Morgan fingerprint density at radius 2 is 2.18 bits per heavy atom. The van der Waals surface area contributed by atoms with Gasteiger partial charge in [0.2, 0.25) is 0 Å². The summed E-state index contributed by atoms with van der Waals surface area (Å²) in [5.41, 5.74) is 9.62. The van der Waals surface area contributed by atoms with Crippen molar-refractivity contribution < 1.29 is 5.11 Å². The molecule has 0 spiro atoms. The van der Waals surface area contributed by atoms with Gasteiger partial charge in [-0.1, -0.05) is 12.1 Å². The van der Waals surface area contributed by atoms with Gasteiger partial charge < -0.3 is 15.7 Å². The molecule has 0 saturated carbocycles. The SMILES string of the molecule is Cc1cccc(N2CCCC(N)(CO)C2)c1C. The van der Waals surface area contributed by atoms with Crippen molar-refractivity contribution in [3.05, 3.63) is 29.3 Å². The summed E-state index contributed by atoms with van der Waals surface area (Å²) in [6.07, 6.45) is 1.95. The first-order valence-electron chi connectivity index (χ1n) is 6.27. The number of hydrogen-bond acceptors (Lipinski definition) is 3. The van der Waals surface area contributed by atoms with Crippen molar-refractivity contribution in [3.63, 3.8) is 0 Å². The van der Waals surface area contributed by atoms with Crippen LogP contribution < -0.4 is 10.6 Å². The lowest BCUT2D eigenvalue weighted by Gasteiger charge is -2.41. The Hall–Kier alpha value is -1.06. The van der Waals surface area contributed by atoms with Gasteiger partial charge in [-0.25, -0.2) is 0 Å². The predicted molar refractivity (Wildman–Crippen MR) is 71.4 cm³/mol. The third-order valence-corrected chi connectivity index (χ3v) is 3.84. The lowest BCUT2D eigenvalue weighted by atomic mass is 9.90. The van der Waals surface area contributed by atoms with Gasteiger partial charge in [0.15, 0.2) is 0 Å². The van der Waals surface area contributed by atoms with Gasteiger partial charge in [-0.3, -0.25) is 0 Å². The Morgan fingerprint density at radius 3 is 2.88 bits per heavy atom. The van der Waals surface area contributed by atoms with Crippen LogP contribution in [-0.4, -0.2) is 30.3 Å².